The first kappa shape index (κ1) is 28.0. The van der Waals surface area contributed by atoms with Crippen LogP contribution in [0.2, 0.25) is 0 Å². The number of hydrogen-bond acceptors (Lipinski definition) is 7. The molecule has 0 saturated carbocycles. The van der Waals surface area contributed by atoms with Gasteiger partial charge in [-0.15, -0.1) is 0 Å². The highest BCUT2D eigenvalue weighted by molar-refractivity contribution is 7.07. The van der Waals surface area contributed by atoms with Crippen LogP contribution in [-0.4, -0.2) is 23.8 Å². The van der Waals surface area contributed by atoms with Gasteiger partial charge >= 0.3 is 5.97 Å². The Labute approximate surface area is 240 Å². The lowest BCUT2D eigenvalue weighted by atomic mass is 9.96. The normalized spacial score (nSPS) is 14.8. The lowest BCUT2D eigenvalue weighted by Crippen LogP contribution is -2.39. The molecular formula is C32H29FN2O5S. The van der Waals surface area contributed by atoms with E-state index in [2.05, 4.69) is 4.99 Å². The molecule has 0 radical (unpaired) electrons. The number of carbonyl (C=O) groups excluding carboxylic acids is 1. The Morgan fingerprint density at radius 3 is 2.46 bits per heavy atom. The molecule has 1 atom stereocenters. The number of ether oxygens (including phenoxy) is 3. The molecule has 0 spiro atoms. The van der Waals surface area contributed by atoms with Gasteiger partial charge in [0.2, 0.25) is 0 Å². The van der Waals surface area contributed by atoms with Gasteiger partial charge in [0.15, 0.2) is 4.80 Å². The van der Waals surface area contributed by atoms with E-state index in [4.69, 9.17) is 14.2 Å². The Kier molecular flexibility index (Phi) is 8.45. The summed E-state index contributed by atoms with van der Waals surface area (Å²) in [7, 11) is 0. The lowest BCUT2D eigenvalue weighted by Gasteiger charge is -2.24. The minimum Gasteiger partial charge on any atom is -0.494 e. The number of fused-ring (bicyclic) bond motifs is 1. The van der Waals surface area contributed by atoms with Crippen molar-refractivity contribution in [3.63, 3.8) is 0 Å². The molecule has 4 aromatic rings. The monoisotopic (exact) mass is 572 g/mol. The minimum absolute atomic E-state index is 0.204. The third-order valence-electron chi connectivity index (χ3n) is 6.50. The van der Waals surface area contributed by atoms with E-state index >= 15 is 0 Å². The van der Waals surface area contributed by atoms with Crippen LogP contribution >= 0.6 is 11.3 Å². The number of hydrogen-bond donors (Lipinski definition) is 0. The third kappa shape index (κ3) is 6.15. The highest BCUT2D eigenvalue weighted by Gasteiger charge is 2.33. The van der Waals surface area contributed by atoms with Gasteiger partial charge in [0, 0.05) is 0 Å². The van der Waals surface area contributed by atoms with Crippen molar-refractivity contribution in [1.82, 2.24) is 4.57 Å². The van der Waals surface area contributed by atoms with Crippen LogP contribution in [0.5, 0.6) is 11.5 Å². The van der Waals surface area contributed by atoms with Crippen LogP contribution in [0, 0.1) is 5.82 Å². The van der Waals surface area contributed by atoms with Gasteiger partial charge in [-0.3, -0.25) is 9.36 Å². The molecule has 0 amide bonds. The summed E-state index contributed by atoms with van der Waals surface area (Å²) in [5.74, 6) is 0.506. The molecular weight excluding hydrogens is 543 g/mol. The first-order chi connectivity index (χ1) is 19.9. The zero-order chi connectivity index (χ0) is 28.9. The van der Waals surface area contributed by atoms with E-state index in [0.717, 1.165) is 16.7 Å². The molecule has 2 heterocycles. The molecule has 1 unspecified atom stereocenters. The van der Waals surface area contributed by atoms with Gasteiger partial charge in [0.25, 0.3) is 5.56 Å². The van der Waals surface area contributed by atoms with Crippen LogP contribution in [-0.2, 0) is 16.1 Å². The number of rotatable bonds is 9. The van der Waals surface area contributed by atoms with Crippen molar-refractivity contribution in [3.8, 4) is 11.5 Å². The number of thiazole rings is 1. The third-order valence-corrected chi connectivity index (χ3v) is 7.48. The maximum absolute atomic E-state index is 13.8. The van der Waals surface area contributed by atoms with Gasteiger partial charge in [0.1, 0.15) is 23.9 Å². The first-order valence-corrected chi connectivity index (χ1v) is 14.1. The van der Waals surface area contributed by atoms with Gasteiger partial charge in [-0.1, -0.05) is 47.7 Å². The topological polar surface area (TPSA) is 79.1 Å². The second-order valence-electron chi connectivity index (χ2n) is 9.29. The van der Waals surface area contributed by atoms with Crippen LogP contribution in [0.1, 0.15) is 43.5 Å². The zero-order valence-corrected chi connectivity index (χ0v) is 23.7. The summed E-state index contributed by atoms with van der Waals surface area (Å²) in [5.41, 5.74) is 2.92. The molecule has 9 heteroatoms. The quantitative estimate of drug-likeness (QED) is 0.266. The molecule has 1 aliphatic rings. The van der Waals surface area contributed by atoms with E-state index in [9.17, 15) is 14.0 Å². The Hall–Kier alpha value is -4.50. The Morgan fingerprint density at radius 2 is 1.76 bits per heavy atom. The first-order valence-electron chi connectivity index (χ1n) is 13.3. The largest absolute Gasteiger partial charge is 0.494 e. The number of aromatic nitrogens is 1. The van der Waals surface area contributed by atoms with Crippen LogP contribution in [0.4, 0.5) is 4.39 Å². The summed E-state index contributed by atoms with van der Waals surface area (Å²) in [4.78, 5) is 32.1. The van der Waals surface area contributed by atoms with E-state index < -0.39 is 12.0 Å². The molecule has 3 aromatic carbocycles. The maximum atomic E-state index is 13.8. The molecule has 1 aromatic heterocycles. The fraction of sp³-hybridized carbons (Fsp3) is 0.219. The van der Waals surface area contributed by atoms with Crippen molar-refractivity contribution in [1.29, 1.82) is 0 Å². The second-order valence-corrected chi connectivity index (χ2v) is 10.3. The molecule has 1 aliphatic heterocycles. The number of halogens is 1. The summed E-state index contributed by atoms with van der Waals surface area (Å²) in [6.07, 6.45) is 1.78. The van der Waals surface area contributed by atoms with E-state index in [1.165, 1.54) is 23.5 Å². The number of benzene rings is 3. The van der Waals surface area contributed by atoms with Gasteiger partial charge in [-0.25, -0.2) is 14.2 Å². The Bertz CT molecular complexity index is 1770. The molecule has 0 saturated heterocycles. The zero-order valence-electron chi connectivity index (χ0n) is 22.9. The molecule has 7 nitrogen and oxygen atoms in total. The van der Waals surface area contributed by atoms with Crippen LogP contribution in [0.3, 0.4) is 0 Å². The summed E-state index contributed by atoms with van der Waals surface area (Å²) in [6.45, 7) is 6.42. The molecule has 0 fully saturated rings. The van der Waals surface area contributed by atoms with Gasteiger partial charge in [0.05, 0.1) is 35.1 Å². The molecule has 210 valence electrons. The highest BCUT2D eigenvalue weighted by atomic mass is 32.1. The van der Waals surface area contributed by atoms with E-state index in [0.29, 0.717) is 38.7 Å². The molecule has 0 aliphatic carbocycles. The number of nitrogens with zero attached hydrogens (tertiary/aromatic N) is 2. The highest BCUT2D eigenvalue weighted by Crippen LogP contribution is 2.31. The van der Waals surface area contributed by atoms with E-state index in [1.807, 2.05) is 55.5 Å². The summed E-state index contributed by atoms with van der Waals surface area (Å²) in [6, 6.07) is 20.2. The standard InChI is InChI=1S/C32H29FN2O5S/c1-4-38-25-15-11-23(12-16-25)29-28(31(37)39-5-2)20(3)34-32-35(29)30(36)27(41-32)18-22-7-6-8-26(17-22)40-19-21-9-13-24(33)14-10-21/h6-18,29H,4-5,19H2,1-3H3. The average Bonchev–Trinajstić information content (AvgIpc) is 3.27. The fourth-order valence-corrected chi connectivity index (χ4v) is 5.66. The predicted octanol–water partition coefficient (Wildman–Crippen LogP) is 4.92. The van der Waals surface area contributed by atoms with Crippen molar-refractivity contribution in [3.05, 3.63) is 126 Å². The molecule has 0 bridgehead atoms. The van der Waals surface area contributed by atoms with Crippen molar-refractivity contribution in [2.24, 2.45) is 4.99 Å². The average molecular weight is 573 g/mol. The Balaban J connectivity index is 1.53. The van der Waals surface area contributed by atoms with Crippen LogP contribution < -0.4 is 24.4 Å². The smallest absolute Gasteiger partial charge is 0.338 e. The predicted molar refractivity (Wildman–Crippen MR) is 155 cm³/mol. The molecule has 5 rings (SSSR count). The molecule has 41 heavy (non-hydrogen) atoms. The number of esters is 1. The summed E-state index contributed by atoms with van der Waals surface area (Å²) < 4.78 is 32.1. The van der Waals surface area contributed by atoms with Gasteiger partial charge in [-0.2, -0.15) is 0 Å². The Morgan fingerprint density at radius 1 is 1.00 bits per heavy atom. The van der Waals surface area contributed by atoms with E-state index in [1.54, 1.807) is 36.6 Å². The van der Waals surface area contributed by atoms with Crippen molar-refractivity contribution in [2.45, 2.75) is 33.4 Å². The van der Waals surface area contributed by atoms with Gasteiger partial charge < -0.3 is 14.2 Å². The minimum atomic E-state index is -0.700. The SMILES string of the molecule is CCOC(=O)C1=C(C)N=c2sc(=Cc3cccc(OCc4ccc(F)cc4)c3)c(=O)n2C1c1ccc(OCC)cc1. The van der Waals surface area contributed by atoms with Crippen molar-refractivity contribution < 1.29 is 23.4 Å². The van der Waals surface area contributed by atoms with Crippen LogP contribution in [0.15, 0.2) is 93.9 Å². The summed E-state index contributed by atoms with van der Waals surface area (Å²) >= 11 is 1.26. The molecule has 0 N–H and O–H groups in total. The van der Waals surface area contributed by atoms with Gasteiger partial charge in [-0.05, 0) is 79.9 Å². The van der Waals surface area contributed by atoms with E-state index in [-0.39, 0.29) is 24.6 Å². The number of carbonyl (C=O) groups is 1. The lowest BCUT2D eigenvalue weighted by molar-refractivity contribution is -0.139. The van der Waals surface area contributed by atoms with Crippen LogP contribution in [0.25, 0.3) is 6.08 Å². The fourth-order valence-electron chi connectivity index (χ4n) is 4.61. The van der Waals surface area contributed by atoms with Crippen molar-refractivity contribution in [2.75, 3.05) is 13.2 Å². The maximum Gasteiger partial charge on any atom is 0.338 e. The second kappa shape index (κ2) is 12.3. The van der Waals surface area contributed by atoms with Crippen molar-refractivity contribution >= 4 is 23.4 Å². The summed E-state index contributed by atoms with van der Waals surface area (Å²) in [5, 5.41) is 0. The number of allylic oxidation sites excluding steroid dienone is 1.